The SMILES string of the molecule is COc1ccc(OCCN(C)C(=O)Nc2ccccc2SCC(N)=O)cc1. The molecule has 3 N–H and O–H groups in total. The van der Waals surface area contributed by atoms with Gasteiger partial charge >= 0.3 is 6.03 Å². The van der Waals surface area contributed by atoms with Crippen molar-refractivity contribution in [2.24, 2.45) is 5.73 Å². The summed E-state index contributed by atoms with van der Waals surface area (Å²) in [5.74, 6) is 1.21. The number of likely N-dealkylation sites (N-methyl/N-ethyl adjacent to an activating group) is 1. The summed E-state index contributed by atoms with van der Waals surface area (Å²) in [6.07, 6.45) is 0. The number of anilines is 1. The number of rotatable bonds is 9. The predicted octanol–water partition coefficient (Wildman–Crippen LogP) is 2.82. The number of amides is 3. The molecule has 27 heavy (non-hydrogen) atoms. The van der Waals surface area contributed by atoms with Crippen LogP contribution in [0.1, 0.15) is 0 Å². The Bertz CT molecular complexity index is 768. The molecule has 0 spiro atoms. The fourth-order valence-electron chi connectivity index (χ4n) is 2.13. The van der Waals surface area contributed by atoms with Crippen LogP contribution in [-0.2, 0) is 4.79 Å². The van der Waals surface area contributed by atoms with Crippen molar-refractivity contribution in [1.82, 2.24) is 4.90 Å². The van der Waals surface area contributed by atoms with E-state index in [1.165, 1.54) is 16.7 Å². The quantitative estimate of drug-likeness (QED) is 0.643. The van der Waals surface area contributed by atoms with Crippen molar-refractivity contribution in [2.75, 3.05) is 38.4 Å². The van der Waals surface area contributed by atoms with Crippen LogP contribution in [0.4, 0.5) is 10.5 Å². The Balaban J connectivity index is 1.83. The smallest absolute Gasteiger partial charge is 0.321 e. The Morgan fingerprint density at radius 1 is 1.11 bits per heavy atom. The summed E-state index contributed by atoms with van der Waals surface area (Å²) in [6.45, 7) is 0.767. The molecule has 0 aliphatic rings. The van der Waals surface area contributed by atoms with Crippen LogP contribution in [-0.4, -0.2) is 49.9 Å². The van der Waals surface area contributed by atoms with Crippen molar-refractivity contribution in [3.05, 3.63) is 48.5 Å². The van der Waals surface area contributed by atoms with Gasteiger partial charge in [-0.3, -0.25) is 4.79 Å². The molecule has 0 aromatic heterocycles. The van der Waals surface area contributed by atoms with E-state index >= 15 is 0 Å². The second kappa shape index (κ2) is 10.3. The molecule has 0 unspecified atom stereocenters. The first kappa shape index (κ1) is 20.4. The lowest BCUT2D eigenvalue weighted by Crippen LogP contribution is -2.34. The highest BCUT2D eigenvalue weighted by atomic mass is 32.2. The lowest BCUT2D eigenvalue weighted by Gasteiger charge is -2.19. The molecule has 0 fully saturated rings. The molecule has 2 aromatic rings. The lowest BCUT2D eigenvalue weighted by atomic mass is 10.3. The van der Waals surface area contributed by atoms with Gasteiger partial charge in [0.25, 0.3) is 0 Å². The van der Waals surface area contributed by atoms with E-state index in [0.717, 1.165) is 10.6 Å². The monoisotopic (exact) mass is 389 g/mol. The second-order valence-corrected chi connectivity index (χ2v) is 6.64. The van der Waals surface area contributed by atoms with E-state index in [4.69, 9.17) is 15.2 Å². The van der Waals surface area contributed by atoms with Crippen molar-refractivity contribution in [1.29, 1.82) is 0 Å². The molecule has 0 saturated carbocycles. The number of carbonyl (C=O) groups is 2. The minimum Gasteiger partial charge on any atom is -0.497 e. The Morgan fingerprint density at radius 3 is 2.44 bits per heavy atom. The van der Waals surface area contributed by atoms with E-state index in [0.29, 0.717) is 24.6 Å². The maximum Gasteiger partial charge on any atom is 0.321 e. The van der Waals surface area contributed by atoms with Gasteiger partial charge in [0, 0.05) is 11.9 Å². The van der Waals surface area contributed by atoms with Gasteiger partial charge < -0.3 is 25.4 Å². The summed E-state index contributed by atoms with van der Waals surface area (Å²) in [6, 6.07) is 14.2. The molecule has 3 amide bonds. The molecule has 2 aromatic carbocycles. The Hall–Kier alpha value is -2.87. The zero-order valence-corrected chi connectivity index (χ0v) is 16.1. The average molecular weight is 389 g/mol. The van der Waals surface area contributed by atoms with Crippen LogP contribution in [0.25, 0.3) is 0 Å². The number of nitrogens with one attached hydrogen (secondary N) is 1. The van der Waals surface area contributed by atoms with Gasteiger partial charge in [-0.15, -0.1) is 11.8 Å². The number of benzene rings is 2. The molecule has 2 rings (SSSR count). The topological polar surface area (TPSA) is 93.9 Å². The van der Waals surface area contributed by atoms with Gasteiger partial charge in [-0.2, -0.15) is 0 Å². The summed E-state index contributed by atoms with van der Waals surface area (Å²) < 4.78 is 10.7. The summed E-state index contributed by atoms with van der Waals surface area (Å²) in [5.41, 5.74) is 5.82. The highest BCUT2D eigenvalue weighted by Crippen LogP contribution is 2.26. The number of ether oxygens (including phenoxy) is 2. The van der Waals surface area contributed by atoms with E-state index in [-0.39, 0.29) is 11.8 Å². The first-order valence-electron chi connectivity index (χ1n) is 8.28. The van der Waals surface area contributed by atoms with Crippen LogP contribution in [0.5, 0.6) is 11.5 Å². The fourth-order valence-corrected chi connectivity index (χ4v) is 2.88. The van der Waals surface area contributed by atoms with E-state index in [2.05, 4.69) is 5.32 Å². The highest BCUT2D eigenvalue weighted by Gasteiger charge is 2.12. The van der Waals surface area contributed by atoms with E-state index in [1.54, 1.807) is 20.2 Å². The van der Waals surface area contributed by atoms with Gasteiger partial charge in [-0.25, -0.2) is 4.79 Å². The number of primary amides is 1. The number of para-hydroxylation sites is 1. The molecule has 0 radical (unpaired) electrons. The zero-order chi connectivity index (χ0) is 19.6. The number of thioether (sulfide) groups is 1. The van der Waals surface area contributed by atoms with Crippen LogP contribution >= 0.6 is 11.8 Å². The van der Waals surface area contributed by atoms with Crippen LogP contribution in [0.3, 0.4) is 0 Å². The summed E-state index contributed by atoms with van der Waals surface area (Å²) in [5, 5.41) is 2.84. The predicted molar refractivity (Wildman–Crippen MR) is 106 cm³/mol. The first-order valence-corrected chi connectivity index (χ1v) is 9.27. The summed E-state index contributed by atoms with van der Waals surface area (Å²) in [4.78, 5) is 25.7. The summed E-state index contributed by atoms with van der Waals surface area (Å²) in [7, 11) is 3.29. The van der Waals surface area contributed by atoms with E-state index in [9.17, 15) is 9.59 Å². The number of nitrogens with two attached hydrogens (primary N) is 1. The van der Waals surface area contributed by atoms with Crippen LogP contribution in [0.2, 0.25) is 0 Å². The molecule has 0 aliphatic heterocycles. The van der Waals surface area contributed by atoms with Gasteiger partial charge in [-0.1, -0.05) is 12.1 Å². The minimum atomic E-state index is -0.408. The Kier molecular flexibility index (Phi) is 7.81. The second-order valence-electron chi connectivity index (χ2n) is 5.63. The molecule has 144 valence electrons. The largest absolute Gasteiger partial charge is 0.497 e. The average Bonchev–Trinajstić information content (AvgIpc) is 2.67. The number of methoxy groups -OCH3 is 1. The third kappa shape index (κ3) is 6.74. The molecule has 0 atom stereocenters. The number of hydrogen-bond donors (Lipinski definition) is 2. The minimum absolute atomic E-state index is 0.151. The zero-order valence-electron chi connectivity index (χ0n) is 15.3. The third-order valence-corrected chi connectivity index (χ3v) is 4.70. The van der Waals surface area contributed by atoms with Crippen molar-refractivity contribution >= 4 is 29.4 Å². The van der Waals surface area contributed by atoms with Gasteiger partial charge in [0.2, 0.25) is 5.91 Å². The maximum absolute atomic E-state index is 12.4. The van der Waals surface area contributed by atoms with Crippen LogP contribution in [0, 0.1) is 0 Å². The van der Waals surface area contributed by atoms with Crippen molar-refractivity contribution in [3.63, 3.8) is 0 Å². The molecular formula is C19H23N3O4S. The Morgan fingerprint density at radius 2 is 1.78 bits per heavy atom. The van der Waals surface area contributed by atoms with E-state index < -0.39 is 5.91 Å². The van der Waals surface area contributed by atoms with Gasteiger partial charge in [-0.05, 0) is 36.4 Å². The molecule has 8 heteroatoms. The normalized spacial score (nSPS) is 10.1. The lowest BCUT2D eigenvalue weighted by molar-refractivity contribution is -0.115. The van der Waals surface area contributed by atoms with Crippen LogP contribution in [0.15, 0.2) is 53.4 Å². The van der Waals surface area contributed by atoms with E-state index in [1.807, 2.05) is 42.5 Å². The molecular weight excluding hydrogens is 366 g/mol. The molecule has 0 aliphatic carbocycles. The highest BCUT2D eigenvalue weighted by molar-refractivity contribution is 8.00. The molecule has 0 bridgehead atoms. The van der Waals surface area contributed by atoms with Crippen molar-refractivity contribution < 1.29 is 19.1 Å². The van der Waals surface area contributed by atoms with Gasteiger partial charge in [0.1, 0.15) is 18.1 Å². The molecule has 7 nitrogen and oxygen atoms in total. The number of urea groups is 1. The van der Waals surface area contributed by atoms with Crippen molar-refractivity contribution in [3.8, 4) is 11.5 Å². The molecule has 0 saturated heterocycles. The molecule has 0 heterocycles. The summed E-state index contributed by atoms with van der Waals surface area (Å²) >= 11 is 1.28. The number of hydrogen-bond acceptors (Lipinski definition) is 5. The van der Waals surface area contributed by atoms with Crippen molar-refractivity contribution in [2.45, 2.75) is 4.90 Å². The van der Waals surface area contributed by atoms with Gasteiger partial charge in [0.05, 0.1) is 25.1 Å². The standard InChI is InChI=1S/C19H23N3O4S/c1-22(11-12-26-15-9-7-14(25-2)8-10-15)19(24)21-16-5-3-4-6-17(16)27-13-18(20)23/h3-10H,11-13H2,1-2H3,(H2,20,23)(H,21,24). The number of nitrogens with zero attached hydrogens (tertiary/aromatic N) is 1. The maximum atomic E-state index is 12.4. The fraction of sp³-hybridized carbons (Fsp3) is 0.263. The number of carbonyl (C=O) groups excluding carboxylic acids is 2. The first-order chi connectivity index (χ1) is 13.0. The van der Waals surface area contributed by atoms with Crippen LogP contribution < -0.4 is 20.5 Å². The Labute approximate surface area is 162 Å². The third-order valence-electron chi connectivity index (χ3n) is 3.60. The van der Waals surface area contributed by atoms with Gasteiger partial charge in [0.15, 0.2) is 0 Å².